The van der Waals surface area contributed by atoms with Crippen LogP contribution in [0.15, 0.2) is 35.3 Å². The van der Waals surface area contributed by atoms with Crippen LogP contribution < -0.4 is 5.32 Å². The van der Waals surface area contributed by atoms with Crippen LogP contribution >= 0.6 is 0 Å². The maximum absolute atomic E-state index is 4.51. The van der Waals surface area contributed by atoms with Crippen molar-refractivity contribution in [3.8, 4) is 0 Å². The molecule has 3 rings (SSSR count). The highest BCUT2D eigenvalue weighted by molar-refractivity contribution is 5.95. The Hall–Kier alpha value is -1.77. The number of aromatic nitrogens is 1. The van der Waals surface area contributed by atoms with Crippen LogP contribution in [0, 0.1) is 0 Å². The van der Waals surface area contributed by atoms with Crippen LogP contribution in [0.4, 0.5) is 0 Å². The predicted octanol–water partition coefficient (Wildman–Crippen LogP) is 2.01. The minimum atomic E-state index is 0.880. The number of para-hydroxylation sites is 1. The molecule has 0 saturated carbocycles. The normalized spacial score (nSPS) is 15.2. The molecule has 0 atom stereocenters. The van der Waals surface area contributed by atoms with Gasteiger partial charge in [-0.25, -0.2) is 0 Å². The van der Waals surface area contributed by atoms with Gasteiger partial charge < -0.3 is 5.32 Å². The van der Waals surface area contributed by atoms with Gasteiger partial charge >= 0.3 is 0 Å². The van der Waals surface area contributed by atoms with E-state index in [1.807, 2.05) is 0 Å². The number of nitrogens with one attached hydrogen (secondary N) is 1. The Morgan fingerprint density at radius 2 is 2.25 bits per heavy atom. The maximum atomic E-state index is 4.51. The third kappa shape index (κ3) is 1.32. The third-order valence-corrected chi connectivity index (χ3v) is 3.02. The van der Waals surface area contributed by atoms with Gasteiger partial charge in [-0.15, -0.1) is 0 Å². The molecule has 1 N–H and O–H groups in total. The number of aryl methyl sites for hydroxylation is 1. The molecule has 82 valence electrons. The molecule has 0 saturated heterocycles. The van der Waals surface area contributed by atoms with Crippen LogP contribution in [0.5, 0.6) is 0 Å². The first-order valence-electron chi connectivity index (χ1n) is 5.78. The Kier molecular flexibility index (Phi) is 2.17. The minimum absolute atomic E-state index is 0.880. The quantitative estimate of drug-likeness (QED) is 0.771. The lowest BCUT2D eigenvalue weighted by atomic mass is 10.2. The molecule has 1 aliphatic heterocycles. The number of benzene rings is 1. The molecular weight excluding hydrogens is 198 g/mol. The fourth-order valence-corrected chi connectivity index (χ4v) is 2.26. The topological polar surface area (TPSA) is 29.3 Å². The highest BCUT2D eigenvalue weighted by Crippen LogP contribution is 2.20. The Balaban J connectivity index is 2.27. The SMILES string of the molecule is CCc1cc2ccccc2n1C1=NCCN1. The number of nitrogens with zero attached hydrogens (tertiary/aromatic N) is 2. The molecule has 0 amide bonds. The summed E-state index contributed by atoms with van der Waals surface area (Å²) in [7, 11) is 0. The van der Waals surface area contributed by atoms with E-state index < -0.39 is 0 Å². The van der Waals surface area contributed by atoms with E-state index in [0.29, 0.717) is 0 Å². The molecule has 1 aliphatic rings. The standard InChI is InChI=1S/C13H15N3/c1-2-11-9-10-5-3-4-6-12(10)16(11)13-14-7-8-15-13/h3-6,9H,2,7-8H2,1H3,(H,14,15). The Bertz CT molecular complexity index is 551. The molecule has 2 aromatic rings. The van der Waals surface area contributed by atoms with Crippen molar-refractivity contribution in [1.29, 1.82) is 0 Å². The average Bonchev–Trinajstić information content (AvgIpc) is 2.94. The molecule has 1 aromatic heterocycles. The fourth-order valence-electron chi connectivity index (χ4n) is 2.26. The highest BCUT2D eigenvalue weighted by Gasteiger charge is 2.14. The molecule has 0 bridgehead atoms. The summed E-state index contributed by atoms with van der Waals surface area (Å²) in [5.41, 5.74) is 2.56. The van der Waals surface area contributed by atoms with E-state index in [1.165, 1.54) is 16.6 Å². The van der Waals surface area contributed by atoms with Gasteiger partial charge in [0.25, 0.3) is 0 Å². The Labute approximate surface area is 94.8 Å². The van der Waals surface area contributed by atoms with Crippen molar-refractivity contribution in [2.24, 2.45) is 4.99 Å². The van der Waals surface area contributed by atoms with Crippen molar-refractivity contribution in [3.05, 3.63) is 36.0 Å². The molecule has 0 radical (unpaired) electrons. The van der Waals surface area contributed by atoms with E-state index >= 15 is 0 Å². The highest BCUT2D eigenvalue weighted by atomic mass is 15.3. The van der Waals surface area contributed by atoms with Crippen LogP contribution in [-0.4, -0.2) is 23.6 Å². The Morgan fingerprint density at radius 3 is 3.00 bits per heavy atom. The summed E-state index contributed by atoms with van der Waals surface area (Å²) < 4.78 is 2.24. The molecule has 1 aromatic carbocycles. The van der Waals surface area contributed by atoms with E-state index in [-0.39, 0.29) is 0 Å². The third-order valence-electron chi connectivity index (χ3n) is 3.02. The van der Waals surface area contributed by atoms with E-state index in [4.69, 9.17) is 0 Å². The molecule has 0 unspecified atom stereocenters. The molecule has 2 heterocycles. The second kappa shape index (κ2) is 3.67. The smallest absolute Gasteiger partial charge is 0.203 e. The number of hydrogen-bond donors (Lipinski definition) is 1. The second-order valence-electron chi connectivity index (χ2n) is 4.02. The van der Waals surface area contributed by atoms with Gasteiger partial charge in [0.05, 0.1) is 12.1 Å². The zero-order valence-electron chi connectivity index (χ0n) is 9.40. The largest absolute Gasteiger partial charge is 0.354 e. The Morgan fingerprint density at radius 1 is 1.38 bits per heavy atom. The van der Waals surface area contributed by atoms with Crippen LogP contribution in [0.2, 0.25) is 0 Å². The number of rotatable bonds is 1. The minimum Gasteiger partial charge on any atom is -0.354 e. The van der Waals surface area contributed by atoms with Gasteiger partial charge in [0, 0.05) is 17.6 Å². The number of hydrogen-bond acceptors (Lipinski definition) is 2. The molecule has 3 nitrogen and oxygen atoms in total. The van der Waals surface area contributed by atoms with Gasteiger partial charge in [0.2, 0.25) is 5.96 Å². The molecule has 3 heteroatoms. The van der Waals surface area contributed by atoms with Gasteiger partial charge in [0.15, 0.2) is 0 Å². The summed E-state index contributed by atoms with van der Waals surface area (Å²) in [6, 6.07) is 10.7. The molecule has 0 aliphatic carbocycles. The van der Waals surface area contributed by atoms with Crippen molar-refractivity contribution < 1.29 is 0 Å². The van der Waals surface area contributed by atoms with E-state index in [9.17, 15) is 0 Å². The summed E-state index contributed by atoms with van der Waals surface area (Å²) in [5.74, 6) is 0.998. The average molecular weight is 213 g/mol. The summed E-state index contributed by atoms with van der Waals surface area (Å²) in [4.78, 5) is 4.51. The number of aliphatic imine (C=N–C) groups is 1. The fraction of sp³-hybridized carbons (Fsp3) is 0.308. The monoisotopic (exact) mass is 213 g/mol. The first-order chi connectivity index (χ1) is 7.90. The van der Waals surface area contributed by atoms with Crippen molar-refractivity contribution >= 4 is 16.9 Å². The van der Waals surface area contributed by atoms with Crippen molar-refractivity contribution in [3.63, 3.8) is 0 Å². The van der Waals surface area contributed by atoms with Gasteiger partial charge in [-0.05, 0) is 18.6 Å². The van der Waals surface area contributed by atoms with Crippen molar-refractivity contribution in [2.75, 3.05) is 13.1 Å². The lowest BCUT2D eigenvalue weighted by molar-refractivity contribution is 0.922. The van der Waals surface area contributed by atoms with Crippen molar-refractivity contribution in [2.45, 2.75) is 13.3 Å². The molecule has 0 spiro atoms. The number of fused-ring (bicyclic) bond motifs is 1. The van der Waals surface area contributed by atoms with Crippen molar-refractivity contribution in [1.82, 2.24) is 9.88 Å². The van der Waals surface area contributed by atoms with E-state index in [1.54, 1.807) is 0 Å². The molecule has 16 heavy (non-hydrogen) atoms. The first kappa shape index (κ1) is 9.46. The lowest BCUT2D eigenvalue weighted by Crippen LogP contribution is -2.27. The van der Waals surface area contributed by atoms with Gasteiger partial charge in [0.1, 0.15) is 0 Å². The second-order valence-corrected chi connectivity index (χ2v) is 4.02. The van der Waals surface area contributed by atoms with Gasteiger partial charge in [-0.1, -0.05) is 25.1 Å². The molecule has 0 fully saturated rings. The van der Waals surface area contributed by atoms with Gasteiger partial charge in [-0.2, -0.15) is 0 Å². The summed E-state index contributed by atoms with van der Waals surface area (Å²) in [6.07, 6.45) is 1.02. The maximum Gasteiger partial charge on any atom is 0.203 e. The zero-order chi connectivity index (χ0) is 11.0. The molecular formula is C13H15N3. The van der Waals surface area contributed by atoms with Crippen LogP contribution in [0.25, 0.3) is 10.9 Å². The lowest BCUT2D eigenvalue weighted by Gasteiger charge is -2.09. The van der Waals surface area contributed by atoms with Crippen LogP contribution in [0.1, 0.15) is 12.6 Å². The summed E-state index contributed by atoms with van der Waals surface area (Å²) in [5, 5.41) is 4.63. The van der Waals surface area contributed by atoms with E-state index in [0.717, 1.165) is 25.5 Å². The van der Waals surface area contributed by atoms with Crippen LogP contribution in [-0.2, 0) is 6.42 Å². The summed E-state index contributed by atoms with van der Waals surface area (Å²) >= 11 is 0. The van der Waals surface area contributed by atoms with E-state index in [2.05, 4.69) is 52.1 Å². The predicted molar refractivity (Wildman–Crippen MR) is 67.0 cm³/mol. The zero-order valence-corrected chi connectivity index (χ0v) is 9.40. The first-order valence-corrected chi connectivity index (χ1v) is 5.78. The van der Waals surface area contributed by atoms with Gasteiger partial charge in [-0.3, -0.25) is 9.56 Å². The van der Waals surface area contributed by atoms with Crippen LogP contribution in [0.3, 0.4) is 0 Å². The summed E-state index contributed by atoms with van der Waals surface area (Å²) in [6.45, 7) is 4.01.